The lowest BCUT2D eigenvalue weighted by molar-refractivity contribution is -0.137. The van der Waals surface area contributed by atoms with Crippen LogP contribution in [0, 0.1) is 5.92 Å². The number of alkyl halides is 3. The van der Waals surface area contributed by atoms with Crippen LogP contribution < -0.4 is 4.90 Å². The highest BCUT2D eigenvalue weighted by Crippen LogP contribution is 2.41. The number of likely N-dealkylation sites (tertiary alicyclic amines) is 1. The van der Waals surface area contributed by atoms with Crippen LogP contribution >= 0.6 is 11.8 Å². The number of para-hydroxylation sites is 1. The van der Waals surface area contributed by atoms with Crippen LogP contribution in [0.25, 0.3) is 11.4 Å². The van der Waals surface area contributed by atoms with Gasteiger partial charge in [0.2, 0.25) is 0 Å². The van der Waals surface area contributed by atoms with Gasteiger partial charge in [0.05, 0.1) is 5.56 Å². The fourth-order valence-electron chi connectivity index (χ4n) is 5.13. The number of fused-ring (bicyclic) bond motifs is 1. The van der Waals surface area contributed by atoms with Gasteiger partial charge in [0.25, 0.3) is 0 Å². The molecule has 4 heterocycles. The van der Waals surface area contributed by atoms with Gasteiger partial charge in [0.15, 0.2) is 11.0 Å². The number of pyridine rings is 1. The lowest BCUT2D eigenvalue weighted by atomic mass is 10.0. The van der Waals surface area contributed by atoms with Gasteiger partial charge < -0.3 is 14.4 Å². The number of nitrogens with zero attached hydrogens (tertiary/aromatic N) is 6. The van der Waals surface area contributed by atoms with Crippen LogP contribution in [-0.4, -0.2) is 62.6 Å². The van der Waals surface area contributed by atoms with Crippen molar-refractivity contribution in [2.75, 3.05) is 36.8 Å². The van der Waals surface area contributed by atoms with Gasteiger partial charge in [-0.15, -0.1) is 10.2 Å². The molecule has 0 aliphatic carbocycles. The lowest BCUT2D eigenvalue weighted by Gasteiger charge is -2.29. The Labute approximate surface area is 201 Å². The molecule has 10 heteroatoms. The Morgan fingerprint density at radius 2 is 1.94 bits per heavy atom. The topological polar surface area (TPSA) is 50.1 Å². The van der Waals surface area contributed by atoms with Crippen molar-refractivity contribution in [1.82, 2.24) is 24.6 Å². The molecule has 3 aromatic rings. The maximum atomic E-state index is 13.5. The number of anilines is 1. The molecule has 0 amide bonds. The number of hydrogen-bond donors (Lipinski definition) is 0. The van der Waals surface area contributed by atoms with Crippen LogP contribution in [0.3, 0.4) is 0 Å². The minimum absolute atomic E-state index is 0.150. The fourth-order valence-corrected chi connectivity index (χ4v) is 5.97. The molecule has 1 aromatic carbocycles. The Kier molecular flexibility index (Phi) is 6.52. The van der Waals surface area contributed by atoms with Crippen molar-refractivity contribution < 1.29 is 13.2 Å². The second-order valence-corrected chi connectivity index (χ2v) is 9.95. The first-order chi connectivity index (χ1) is 16.4. The van der Waals surface area contributed by atoms with E-state index >= 15 is 0 Å². The Hall–Kier alpha value is -2.59. The van der Waals surface area contributed by atoms with Crippen LogP contribution in [-0.2, 0) is 13.2 Å². The molecule has 2 saturated heterocycles. The Bertz CT molecular complexity index is 1120. The number of hydrogen-bond acceptors (Lipinski definition) is 6. The monoisotopic (exact) mass is 488 g/mol. The predicted octanol–water partition coefficient (Wildman–Crippen LogP) is 4.59. The van der Waals surface area contributed by atoms with E-state index in [-0.39, 0.29) is 6.04 Å². The van der Waals surface area contributed by atoms with E-state index in [0.29, 0.717) is 18.2 Å². The van der Waals surface area contributed by atoms with E-state index in [2.05, 4.69) is 20.1 Å². The number of benzene rings is 1. The summed E-state index contributed by atoms with van der Waals surface area (Å²) in [5, 5.41) is 9.48. The summed E-state index contributed by atoms with van der Waals surface area (Å²) in [6.07, 6.45) is 1.10. The average Bonchev–Trinajstić information content (AvgIpc) is 3.51. The Morgan fingerprint density at radius 3 is 2.74 bits per heavy atom. The predicted molar refractivity (Wildman–Crippen MR) is 127 cm³/mol. The fraction of sp³-hybridized carbons (Fsp3) is 0.458. The van der Waals surface area contributed by atoms with E-state index in [0.717, 1.165) is 54.8 Å². The van der Waals surface area contributed by atoms with Crippen LogP contribution in [0.15, 0.2) is 53.9 Å². The molecule has 34 heavy (non-hydrogen) atoms. The summed E-state index contributed by atoms with van der Waals surface area (Å²) in [6.45, 7) is 3.39. The molecule has 2 aliphatic rings. The summed E-state index contributed by atoms with van der Waals surface area (Å²) in [5.41, 5.74) is 0.732. The highest BCUT2D eigenvalue weighted by molar-refractivity contribution is 7.99. The summed E-state index contributed by atoms with van der Waals surface area (Å²) < 4.78 is 42.6. The first-order valence-electron chi connectivity index (χ1n) is 11.5. The minimum atomic E-state index is -4.33. The summed E-state index contributed by atoms with van der Waals surface area (Å²) in [7, 11) is 1.96. The van der Waals surface area contributed by atoms with E-state index < -0.39 is 11.7 Å². The first-order valence-corrected chi connectivity index (χ1v) is 12.5. The van der Waals surface area contributed by atoms with Crippen molar-refractivity contribution in [3.05, 3.63) is 54.4 Å². The number of rotatable bonds is 7. The third-order valence-electron chi connectivity index (χ3n) is 6.75. The van der Waals surface area contributed by atoms with Crippen molar-refractivity contribution in [2.45, 2.75) is 30.2 Å². The molecule has 0 bridgehead atoms. The zero-order chi connectivity index (χ0) is 23.7. The van der Waals surface area contributed by atoms with Crippen molar-refractivity contribution in [1.29, 1.82) is 0 Å². The second kappa shape index (κ2) is 9.58. The smallest absolute Gasteiger partial charge is 0.366 e. The van der Waals surface area contributed by atoms with Gasteiger partial charge in [-0.2, -0.15) is 13.2 Å². The van der Waals surface area contributed by atoms with E-state index in [1.54, 1.807) is 36.3 Å². The van der Waals surface area contributed by atoms with Crippen molar-refractivity contribution >= 4 is 17.4 Å². The van der Waals surface area contributed by atoms with Gasteiger partial charge in [-0.3, -0.25) is 4.98 Å². The number of aromatic nitrogens is 4. The molecule has 2 aliphatic heterocycles. The van der Waals surface area contributed by atoms with E-state index in [1.165, 1.54) is 12.1 Å². The van der Waals surface area contributed by atoms with E-state index in [1.807, 2.05) is 28.6 Å². The molecule has 0 spiro atoms. The van der Waals surface area contributed by atoms with E-state index in [9.17, 15) is 13.2 Å². The van der Waals surface area contributed by atoms with Gasteiger partial charge in [-0.05, 0) is 49.6 Å². The average molecular weight is 489 g/mol. The highest BCUT2D eigenvalue weighted by Gasteiger charge is 2.44. The SMILES string of the molecule is Cn1c(SCCCN2C[C@@H]3CCN(c4ccccc4C(F)(F)F)[C@@H]3C2)nnc1-c1cccnc1. The maximum absolute atomic E-state index is 13.5. The van der Waals surface area contributed by atoms with Gasteiger partial charge in [-0.25, -0.2) is 0 Å². The Balaban J connectivity index is 1.15. The summed E-state index contributed by atoms with van der Waals surface area (Å²) >= 11 is 1.68. The number of halogens is 3. The standard InChI is InChI=1S/C24H27F3N6S/c1-31-22(17-6-4-10-28-14-17)29-30-23(31)34-13-5-11-32-15-18-9-12-33(21(18)16-32)20-8-3-2-7-19(20)24(25,26)27/h2-4,6-8,10,14,18,21H,5,9,11-13,15-16H2,1H3/t18-,21+/m0/s1. The third kappa shape index (κ3) is 4.65. The molecule has 5 rings (SSSR count). The zero-order valence-electron chi connectivity index (χ0n) is 18.9. The van der Waals surface area contributed by atoms with Gasteiger partial charge >= 0.3 is 6.18 Å². The lowest BCUT2D eigenvalue weighted by Crippen LogP contribution is -2.36. The maximum Gasteiger partial charge on any atom is 0.418 e. The van der Waals surface area contributed by atoms with Gasteiger partial charge in [0, 0.05) is 62.1 Å². The molecule has 6 nitrogen and oxygen atoms in total. The quantitative estimate of drug-likeness (QED) is 0.358. The van der Waals surface area contributed by atoms with Crippen LogP contribution in [0.4, 0.5) is 18.9 Å². The molecular weight excluding hydrogens is 461 g/mol. The number of thioether (sulfide) groups is 1. The Morgan fingerprint density at radius 1 is 1.09 bits per heavy atom. The van der Waals surface area contributed by atoms with Crippen molar-refractivity contribution in [2.24, 2.45) is 13.0 Å². The van der Waals surface area contributed by atoms with Crippen molar-refractivity contribution in [3.63, 3.8) is 0 Å². The zero-order valence-corrected chi connectivity index (χ0v) is 19.8. The molecule has 2 fully saturated rings. The van der Waals surface area contributed by atoms with Crippen molar-refractivity contribution in [3.8, 4) is 11.4 Å². The van der Waals surface area contributed by atoms with Crippen LogP contribution in [0.2, 0.25) is 0 Å². The van der Waals surface area contributed by atoms with Crippen LogP contribution in [0.1, 0.15) is 18.4 Å². The molecule has 0 unspecified atom stereocenters. The molecule has 2 aromatic heterocycles. The second-order valence-electron chi connectivity index (χ2n) is 8.89. The molecule has 2 atom stereocenters. The summed E-state index contributed by atoms with van der Waals surface area (Å²) in [5.74, 6) is 2.13. The molecule has 0 saturated carbocycles. The van der Waals surface area contributed by atoms with E-state index in [4.69, 9.17) is 0 Å². The first kappa shape index (κ1) is 23.2. The largest absolute Gasteiger partial charge is 0.418 e. The third-order valence-corrected chi connectivity index (χ3v) is 7.85. The molecule has 0 radical (unpaired) electrons. The minimum Gasteiger partial charge on any atom is -0.366 e. The van der Waals surface area contributed by atoms with Crippen LogP contribution in [0.5, 0.6) is 0 Å². The molecular formula is C24H27F3N6S. The highest BCUT2D eigenvalue weighted by atomic mass is 32.2. The summed E-state index contributed by atoms with van der Waals surface area (Å²) in [4.78, 5) is 8.53. The summed E-state index contributed by atoms with van der Waals surface area (Å²) in [6, 6.07) is 9.97. The van der Waals surface area contributed by atoms with Gasteiger partial charge in [0.1, 0.15) is 0 Å². The molecule has 180 valence electrons. The van der Waals surface area contributed by atoms with Gasteiger partial charge in [-0.1, -0.05) is 23.9 Å². The normalized spacial score (nSPS) is 20.8. The molecule has 0 N–H and O–H groups in total.